The number of para-hydroxylation sites is 1. The van der Waals surface area contributed by atoms with Gasteiger partial charge in [-0.25, -0.2) is 13.8 Å². The summed E-state index contributed by atoms with van der Waals surface area (Å²) in [6, 6.07) is 15.0. The van der Waals surface area contributed by atoms with Gasteiger partial charge in [0.2, 0.25) is 5.91 Å². The van der Waals surface area contributed by atoms with Gasteiger partial charge in [0.15, 0.2) is 0 Å². The van der Waals surface area contributed by atoms with E-state index in [4.69, 9.17) is 0 Å². The summed E-state index contributed by atoms with van der Waals surface area (Å²) in [5, 5.41) is 12.2. The van der Waals surface area contributed by atoms with Crippen LogP contribution in [0.2, 0.25) is 0 Å². The summed E-state index contributed by atoms with van der Waals surface area (Å²) < 4.78 is 16.8. The Kier molecular flexibility index (Phi) is 5.85. The first-order valence-corrected chi connectivity index (χ1v) is 10.5. The first-order valence-electron chi connectivity index (χ1n) is 10.5. The van der Waals surface area contributed by atoms with E-state index in [1.54, 1.807) is 36.7 Å². The van der Waals surface area contributed by atoms with Crippen molar-refractivity contribution in [3.05, 3.63) is 87.7 Å². The molecular formula is C24H24FN5O2. The van der Waals surface area contributed by atoms with Crippen LogP contribution in [0.1, 0.15) is 36.3 Å². The standard InChI is InChI=1S/C24H24FN5O2/c1-4-20(23(31)26-14-17-10-8-9-13-19(17)25)30-24(32)21-16(3)29(18-11-6-5-7-12-18)28-22(21)15(2)27-30/h5-13,20H,4,14H2,1-3H3,(H,26,31). The Morgan fingerprint density at radius 2 is 1.75 bits per heavy atom. The molecule has 0 aliphatic rings. The highest BCUT2D eigenvalue weighted by atomic mass is 19.1. The Labute approximate surface area is 184 Å². The highest BCUT2D eigenvalue weighted by molar-refractivity contribution is 5.84. The molecule has 4 aromatic rings. The third-order valence-corrected chi connectivity index (χ3v) is 5.53. The number of amides is 1. The fourth-order valence-corrected chi connectivity index (χ4v) is 3.82. The van der Waals surface area contributed by atoms with E-state index in [9.17, 15) is 14.0 Å². The van der Waals surface area contributed by atoms with Crippen molar-refractivity contribution in [1.82, 2.24) is 24.9 Å². The molecule has 1 N–H and O–H groups in total. The number of hydrogen-bond donors (Lipinski definition) is 1. The molecule has 0 aliphatic heterocycles. The number of fused-ring (bicyclic) bond motifs is 1. The summed E-state index contributed by atoms with van der Waals surface area (Å²) in [7, 11) is 0. The van der Waals surface area contributed by atoms with Crippen molar-refractivity contribution >= 4 is 16.8 Å². The van der Waals surface area contributed by atoms with Crippen LogP contribution in [0.25, 0.3) is 16.6 Å². The largest absolute Gasteiger partial charge is 0.350 e. The zero-order chi connectivity index (χ0) is 22.8. The van der Waals surface area contributed by atoms with Gasteiger partial charge in [-0.05, 0) is 38.5 Å². The lowest BCUT2D eigenvalue weighted by atomic mass is 10.1. The number of nitrogens with one attached hydrogen (secondary N) is 1. The topological polar surface area (TPSA) is 81.8 Å². The van der Waals surface area contributed by atoms with Gasteiger partial charge < -0.3 is 5.32 Å². The van der Waals surface area contributed by atoms with E-state index in [0.29, 0.717) is 34.3 Å². The number of aryl methyl sites for hydroxylation is 2. The molecule has 4 rings (SSSR count). The normalized spacial score (nSPS) is 12.1. The molecule has 7 nitrogen and oxygen atoms in total. The molecule has 1 unspecified atom stereocenters. The molecule has 8 heteroatoms. The van der Waals surface area contributed by atoms with Crippen molar-refractivity contribution in [2.24, 2.45) is 0 Å². The Bertz CT molecular complexity index is 1340. The van der Waals surface area contributed by atoms with Gasteiger partial charge in [0, 0.05) is 12.1 Å². The van der Waals surface area contributed by atoms with Gasteiger partial charge in [-0.1, -0.05) is 43.3 Å². The van der Waals surface area contributed by atoms with Crippen LogP contribution < -0.4 is 10.9 Å². The van der Waals surface area contributed by atoms with Gasteiger partial charge in [-0.2, -0.15) is 10.2 Å². The second-order valence-electron chi connectivity index (χ2n) is 7.62. The molecule has 0 spiro atoms. The number of carbonyl (C=O) groups excluding carboxylic acids is 1. The van der Waals surface area contributed by atoms with E-state index in [2.05, 4.69) is 15.5 Å². The Morgan fingerprint density at radius 1 is 1.06 bits per heavy atom. The molecule has 1 atom stereocenters. The number of aromatic nitrogens is 4. The van der Waals surface area contributed by atoms with Crippen LogP contribution in [0.3, 0.4) is 0 Å². The monoisotopic (exact) mass is 433 g/mol. The van der Waals surface area contributed by atoms with Crippen molar-refractivity contribution < 1.29 is 9.18 Å². The Morgan fingerprint density at radius 3 is 2.44 bits per heavy atom. The van der Waals surface area contributed by atoms with Crippen LogP contribution in [0.5, 0.6) is 0 Å². The zero-order valence-electron chi connectivity index (χ0n) is 18.2. The van der Waals surface area contributed by atoms with Gasteiger partial charge in [-0.3, -0.25) is 9.59 Å². The molecule has 0 aliphatic carbocycles. The molecule has 0 saturated heterocycles. The van der Waals surface area contributed by atoms with Crippen LogP contribution in [0, 0.1) is 19.7 Å². The maximum atomic E-state index is 13.9. The lowest BCUT2D eigenvalue weighted by molar-refractivity contribution is -0.125. The third kappa shape index (κ3) is 3.79. The predicted octanol–water partition coefficient (Wildman–Crippen LogP) is 3.61. The molecule has 0 radical (unpaired) electrons. The minimum Gasteiger partial charge on any atom is -0.350 e. The van der Waals surface area contributed by atoms with E-state index >= 15 is 0 Å². The van der Waals surface area contributed by atoms with Gasteiger partial charge in [0.25, 0.3) is 5.56 Å². The van der Waals surface area contributed by atoms with Gasteiger partial charge in [-0.15, -0.1) is 0 Å². The quantitative estimate of drug-likeness (QED) is 0.504. The molecule has 0 bridgehead atoms. The SMILES string of the molecule is CCC(C(=O)NCc1ccccc1F)n1nc(C)c2nn(-c3ccccc3)c(C)c2c1=O. The van der Waals surface area contributed by atoms with E-state index in [-0.39, 0.29) is 12.1 Å². The number of carbonyl (C=O) groups is 1. The Hall–Kier alpha value is -3.81. The second kappa shape index (κ2) is 8.74. The Balaban J connectivity index is 1.72. The fraction of sp³-hybridized carbons (Fsp3) is 0.250. The van der Waals surface area contributed by atoms with E-state index < -0.39 is 17.8 Å². The molecule has 164 valence electrons. The highest BCUT2D eigenvalue weighted by Crippen LogP contribution is 2.21. The van der Waals surface area contributed by atoms with Crippen LogP contribution in [-0.2, 0) is 11.3 Å². The first kappa shape index (κ1) is 21.4. The van der Waals surface area contributed by atoms with Gasteiger partial charge in [0.1, 0.15) is 17.4 Å². The highest BCUT2D eigenvalue weighted by Gasteiger charge is 2.25. The molecule has 2 aromatic heterocycles. The summed E-state index contributed by atoms with van der Waals surface area (Å²) in [4.78, 5) is 26.3. The number of halogens is 1. The van der Waals surface area contributed by atoms with Crippen LogP contribution in [0.15, 0.2) is 59.4 Å². The average Bonchev–Trinajstić information content (AvgIpc) is 3.15. The maximum Gasteiger partial charge on any atom is 0.278 e. The van der Waals surface area contributed by atoms with E-state index in [1.807, 2.05) is 37.3 Å². The predicted molar refractivity (Wildman–Crippen MR) is 120 cm³/mol. The smallest absolute Gasteiger partial charge is 0.278 e. The number of nitrogens with zero attached hydrogens (tertiary/aromatic N) is 4. The number of benzene rings is 2. The first-order chi connectivity index (χ1) is 15.4. The van der Waals surface area contributed by atoms with Crippen molar-refractivity contribution in [3.63, 3.8) is 0 Å². The van der Waals surface area contributed by atoms with Crippen LogP contribution in [0.4, 0.5) is 4.39 Å². The summed E-state index contributed by atoms with van der Waals surface area (Å²) in [6.07, 6.45) is 0.354. The second-order valence-corrected chi connectivity index (χ2v) is 7.62. The third-order valence-electron chi connectivity index (χ3n) is 5.53. The molecule has 0 saturated carbocycles. The van der Waals surface area contributed by atoms with Crippen molar-refractivity contribution in [3.8, 4) is 5.69 Å². The molecule has 32 heavy (non-hydrogen) atoms. The lowest BCUT2D eigenvalue weighted by Gasteiger charge is -2.17. The summed E-state index contributed by atoms with van der Waals surface area (Å²) >= 11 is 0. The summed E-state index contributed by atoms with van der Waals surface area (Å²) in [5.41, 5.74) is 2.58. The van der Waals surface area contributed by atoms with Crippen LogP contribution >= 0.6 is 0 Å². The molecule has 2 aromatic carbocycles. The van der Waals surface area contributed by atoms with E-state index in [1.165, 1.54) is 10.7 Å². The minimum absolute atomic E-state index is 0.0307. The summed E-state index contributed by atoms with van der Waals surface area (Å²) in [6.45, 7) is 5.43. The van der Waals surface area contributed by atoms with Crippen molar-refractivity contribution in [2.45, 2.75) is 39.8 Å². The van der Waals surface area contributed by atoms with Crippen LogP contribution in [-0.4, -0.2) is 25.5 Å². The number of hydrogen-bond acceptors (Lipinski definition) is 4. The maximum absolute atomic E-state index is 13.9. The lowest BCUT2D eigenvalue weighted by Crippen LogP contribution is -2.38. The van der Waals surface area contributed by atoms with Crippen molar-refractivity contribution in [2.75, 3.05) is 0 Å². The van der Waals surface area contributed by atoms with Crippen molar-refractivity contribution in [1.29, 1.82) is 0 Å². The van der Waals surface area contributed by atoms with E-state index in [0.717, 1.165) is 5.69 Å². The zero-order valence-corrected chi connectivity index (χ0v) is 18.2. The molecule has 1 amide bonds. The fourth-order valence-electron chi connectivity index (χ4n) is 3.82. The molecule has 2 heterocycles. The average molecular weight is 433 g/mol. The number of rotatable bonds is 6. The molecular weight excluding hydrogens is 409 g/mol. The van der Waals surface area contributed by atoms with Gasteiger partial charge >= 0.3 is 0 Å². The minimum atomic E-state index is -0.822. The molecule has 0 fully saturated rings. The van der Waals surface area contributed by atoms with Gasteiger partial charge in [0.05, 0.1) is 22.5 Å². The summed E-state index contributed by atoms with van der Waals surface area (Å²) in [5.74, 6) is -0.783.